The molecule has 2 heteroatoms. The predicted molar refractivity (Wildman–Crippen MR) is 93.3 cm³/mol. The van der Waals surface area contributed by atoms with Crippen LogP contribution in [0.5, 0.6) is 0 Å². The highest BCUT2D eigenvalue weighted by Gasteiger charge is 1.96. The van der Waals surface area contributed by atoms with E-state index >= 15 is 0 Å². The van der Waals surface area contributed by atoms with Gasteiger partial charge in [-0.2, -0.15) is 0 Å². The molecule has 0 aliphatic rings. The minimum atomic E-state index is -0.0703. The number of benzene rings is 2. The number of allylic oxidation sites excluding steroid dienone is 2. The van der Waals surface area contributed by atoms with Gasteiger partial charge in [-0.1, -0.05) is 72.8 Å². The van der Waals surface area contributed by atoms with Crippen molar-refractivity contribution in [3.8, 4) is 11.1 Å². The number of carbonyl (C=O) groups is 1. The summed E-state index contributed by atoms with van der Waals surface area (Å²) in [5.41, 5.74) is 3.52. The fourth-order valence-electron chi connectivity index (χ4n) is 2.06. The zero-order chi connectivity index (χ0) is 15.8. The Morgan fingerprint density at radius 3 is 2.18 bits per heavy atom. The third-order valence-electron chi connectivity index (χ3n) is 3.10. The first-order chi connectivity index (χ1) is 10.6. The van der Waals surface area contributed by atoms with Crippen molar-refractivity contribution in [1.82, 2.24) is 5.32 Å². The van der Waals surface area contributed by atoms with Gasteiger partial charge in [0.1, 0.15) is 0 Å². The Balaban J connectivity index is 1.95. The summed E-state index contributed by atoms with van der Waals surface area (Å²) in [5, 5.41) is 2.81. The summed E-state index contributed by atoms with van der Waals surface area (Å²) < 4.78 is 0. The second-order valence-electron chi connectivity index (χ2n) is 5.37. The molecule has 0 aliphatic heterocycles. The van der Waals surface area contributed by atoms with Crippen molar-refractivity contribution in [3.05, 3.63) is 78.4 Å². The molecule has 22 heavy (non-hydrogen) atoms. The van der Waals surface area contributed by atoms with Crippen molar-refractivity contribution in [2.75, 3.05) is 0 Å². The molecule has 2 aromatic carbocycles. The van der Waals surface area contributed by atoms with E-state index in [-0.39, 0.29) is 11.9 Å². The van der Waals surface area contributed by atoms with Gasteiger partial charge >= 0.3 is 0 Å². The van der Waals surface area contributed by atoms with Crippen LogP contribution in [0.3, 0.4) is 0 Å². The molecule has 2 nitrogen and oxygen atoms in total. The predicted octanol–water partition coefficient (Wildman–Crippen LogP) is 4.45. The summed E-state index contributed by atoms with van der Waals surface area (Å²) in [6.45, 7) is 3.88. The van der Waals surface area contributed by atoms with Crippen molar-refractivity contribution >= 4 is 12.0 Å². The molecule has 0 bridgehead atoms. The Morgan fingerprint density at radius 1 is 0.909 bits per heavy atom. The third kappa shape index (κ3) is 5.06. The monoisotopic (exact) mass is 291 g/mol. The maximum Gasteiger partial charge on any atom is 0.244 e. The van der Waals surface area contributed by atoms with Crippen molar-refractivity contribution in [2.24, 2.45) is 0 Å². The number of hydrogen-bond donors (Lipinski definition) is 1. The minimum absolute atomic E-state index is 0.0703. The van der Waals surface area contributed by atoms with Crippen LogP contribution in [-0.2, 0) is 4.79 Å². The number of carbonyl (C=O) groups excluding carboxylic acids is 1. The molecule has 1 amide bonds. The highest BCUT2D eigenvalue weighted by atomic mass is 16.1. The van der Waals surface area contributed by atoms with E-state index in [0.29, 0.717) is 0 Å². The zero-order valence-corrected chi connectivity index (χ0v) is 13.0. The molecule has 0 fully saturated rings. The van der Waals surface area contributed by atoms with E-state index in [1.807, 2.05) is 44.2 Å². The summed E-state index contributed by atoms with van der Waals surface area (Å²) in [7, 11) is 0. The second kappa shape index (κ2) is 7.99. The summed E-state index contributed by atoms with van der Waals surface area (Å²) in [4.78, 5) is 11.4. The van der Waals surface area contributed by atoms with Gasteiger partial charge in [-0.25, -0.2) is 0 Å². The molecule has 2 aromatic rings. The van der Waals surface area contributed by atoms with E-state index in [4.69, 9.17) is 0 Å². The van der Waals surface area contributed by atoms with Crippen LogP contribution in [-0.4, -0.2) is 11.9 Å². The van der Waals surface area contributed by atoms with Crippen molar-refractivity contribution < 1.29 is 4.79 Å². The normalized spacial score (nSPS) is 11.4. The Kier molecular flexibility index (Phi) is 5.73. The Morgan fingerprint density at radius 2 is 1.55 bits per heavy atom. The lowest BCUT2D eigenvalue weighted by Crippen LogP contribution is -2.28. The summed E-state index contributed by atoms with van der Waals surface area (Å²) in [6.07, 6.45) is 7.14. The van der Waals surface area contributed by atoms with Crippen LogP contribution >= 0.6 is 0 Å². The lowest BCUT2D eigenvalue weighted by Gasteiger charge is -2.03. The van der Waals surface area contributed by atoms with Gasteiger partial charge < -0.3 is 5.32 Å². The lowest BCUT2D eigenvalue weighted by atomic mass is 10.0. The Hall–Kier alpha value is -2.61. The van der Waals surface area contributed by atoms with Gasteiger partial charge in [0.15, 0.2) is 0 Å². The first-order valence-electron chi connectivity index (χ1n) is 7.46. The second-order valence-corrected chi connectivity index (χ2v) is 5.37. The van der Waals surface area contributed by atoms with Gasteiger partial charge in [-0.05, 0) is 30.5 Å². The summed E-state index contributed by atoms with van der Waals surface area (Å²) in [5.74, 6) is -0.0703. The zero-order valence-electron chi connectivity index (χ0n) is 13.0. The van der Waals surface area contributed by atoms with E-state index in [0.717, 1.165) is 5.56 Å². The standard InChI is InChI=1S/C20H21NO/c1-16(2)21-20(22)11-7-6-8-17-12-14-19(15-13-17)18-9-4-3-5-10-18/h3-16H,1-2H3,(H,21,22). The number of hydrogen-bond acceptors (Lipinski definition) is 1. The molecule has 0 aliphatic carbocycles. The van der Waals surface area contributed by atoms with Gasteiger partial charge in [0.25, 0.3) is 0 Å². The molecule has 0 saturated heterocycles. The molecule has 0 radical (unpaired) electrons. The summed E-state index contributed by atoms with van der Waals surface area (Å²) in [6, 6.07) is 18.8. The van der Waals surface area contributed by atoms with Gasteiger partial charge in [-0.3, -0.25) is 4.79 Å². The Bertz CT molecular complexity index is 652. The van der Waals surface area contributed by atoms with Crippen LogP contribution in [0.4, 0.5) is 0 Å². The molecule has 0 heterocycles. The molecular weight excluding hydrogens is 270 g/mol. The van der Waals surface area contributed by atoms with Crippen molar-refractivity contribution in [3.63, 3.8) is 0 Å². The molecule has 1 N–H and O–H groups in total. The fraction of sp³-hybridized carbons (Fsp3) is 0.150. The number of rotatable bonds is 5. The molecule has 2 rings (SSSR count). The van der Waals surface area contributed by atoms with Gasteiger partial charge in [0, 0.05) is 12.1 Å². The highest BCUT2D eigenvalue weighted by Crippen LogP contribution is 2.19. The topological polar surface area (TPSA) is 29.1 Å². The van der Waals surface area contributed by atoms with E-state index in [1.165, 1.54) is 17.2 Å². The maximum atomic E-state index is 11.4. The van der Waals surface area contributed by atoms with Gasteiger partial charge in [0.05, 0.1) is 0 Å². The number of amides is 1. The van der Waals surface area contributed by atoms with E-state index in [2.05, 4.69) is 41.7 Å². The summed E-state index contributed by atoms with van der Waals surface area (Å²) >= 11 is 0. The third-order valence-corrected chi connectivity index (χ3v) is 3.10. The van der Waals surface area contributed by atoms with Crippen LogP contribution in [0.2, 0.25) is 0 Å². The number of nitrogens with one attached hydrogen (secondary N) is 1. The molecule has 0 spiro atoms. The molecule has 0 unspecified atom stereocenters. The highest BCUT2D eigenvalue weighted by molar-refractivity contribution is 5.88. The Labute approximate surface area is 132 Å². The van der Waals surface area contributed by atoms with Crippen molar-refractivity contribution in [2.45, 2.75) is 19.9 Å². The smallest absolute Gasteiger partial charge is 0.244 e. The van der Waals surface area contributed by atoms with Crippen LogP contribution in [0.1, 0.15) is 19.4 Å². The lowest BCUT2D eigenvalue weighted by molar-refractivity contribution is -0.116. The average Bonchev–Trinajstić information content (AvgIpc) is 2.52. The average molecular weight is 291 g/mol. The van der Waals surface area contributed by atoms with Crippen LogP contribution in [0.25, 0.3) is 17.2 Å². The SMILES string of the molecule is CC(C)NC(=O)C=CC=Cc1ccc(-c2ccccc2)cc1. The molecule has 0 aromatic heterocycles. The molecule has 0 atom stereocenters. The van der Waals surface area contributed by atoms with Gasteiger partial charge in [-0.15, -0.1) is 0 Å². The van der Waals surface area contributed by atoms with Gasteiger partial charge in [0.2, 0.25) is 5.91 Å². The van der Waals surface area contributed by atoms with Crippen LogP contribution < -0.4 is 5.32 Å². The quantitative estimate of drug-likeness (QED) is 0.640. The molecular formula is C20H21NO. The van der Waals surface area contributed by atoms with E-state index in [1.54, 1.807) is 6.08 Å². The molecule has 112 valence electrons. The van der Waals surface area contributed by atoms with Crippen LogP contribution in [0.15, 0.2) is 72.8 Å². The van der Waals surface area contributed by atoms with E-state index < -0.39 is 0 Å². The van der Waals surface area contributed by atoms with Crippen LogP contribution in [0, 0.1) is 0 Å². The first kappa shape index (κ1) is 15.8. The van der Waals surface area contributed by atoms with Crippen molar-refractivity contribution in [1.29, 1.82) is 0 Å². The minimum Gasteiger partial charge on any atom is -0.350 e. The largest absolute Gasteiger partial charge is 0.350 e. The van der Waals surface area contributed by atoms with E-state index in [9.17, 15) is 4.79 Å². The fourth-order valence-corrected chi connectivity index (χ4v) is 2.06. The molecule has 0 saturated carbocycles. The maximum absolute atomic E-state index is 11.4. The first-order valence-corrected chi connectivity index (χ1v) is 7.46.